The number of hydrogen-bond acceptors (Lipinski definition) is 5. The molecule has 0 saturated carbocycles. The Balaban J connectivity index is 1.85. The van der Waals surface area contributed by atoms with Crippen LogP contribution in [-0.4, -0.2) is 28.3 Å². The first-order chi connectivity index (χ1) is 12.4. The molecule has 2 aromatic carbocycles. The third kappa shape index (κ3) is 3.68. The largest absolute Gasteiger partial charge is 0.503 e. The van der Waals surface area contributed by atoms with Crippen LogP contribution < -0.4 is 4.74 Å². The second kappa shape index (κ2) is 7.39. The molecule has 2 amide bonds. The van der Waals surface area contributed by atoms with Gasteiger partial charge in [-0.3, -0.25) is 14.5 Å². The van der Waals surface area contributed by atoms with E-state index in [-0.39, 0.29) is 33.8 Å². The summed E-state index contributed by atoms with van der Waals surface area (Å²) in [5.41, 5.74) is 1.15. The van der Waals surface area contributed by atoms with Crippen molar-refractivity contribution in [3.05, 3.63) is 63.3 Å². The SMILES string of the molecule is COc1cc(/C=C2\SC(=O)N(Cc3ccc(F)cc3)C2=O)cc(Cl)c1O. The average molecular weight is 394 g/mol. The topological polar surface area (TPSA) is 66.8 Å². The third-order valence-corrected chi connectivity index (χ3v) is 4.89. The number of phenolic OH excluding ortho intramolecular Hbond substituents is 1. The van der Waals surface area contributed by atoms with E-state index in [1.807, 2.05) is 0 Å². The highest BCUT2D eigenvalue weighted by molar-refractivity contribution is 8.18. The number of carbonyl (C=O) groups is 2. The fourth-order valence-electron chi connectivity index (χ4n) is 2.39. The summed E-state index contributed by atoms with van der Waals surface area (Å²) in [5.74, 6) is -0.876. The number of amides is 2. The summed E-state index contributed by atoms with van der Waals surface area (Å²) in [7, 11) is 1.38. The van der Waals surface area contributed by atoms with Gasteiger partial charge in [0, 0.05) is 0 Å². The molecule has 0 aliphatic carbocycles. The minimum Gasteiger partial charge on any atom is -0.503 e. The van der Waals surface area contributed by atoms with Crippen LogP contribution in [-0.2, 0) is 11.3 Å². The molecule has 0 spiro atoms. The lowest BCUT2D eigenvalue weighted by molar-refractivity contribution is -0.123. The smallest absolute Gasteiger partial charge is 0.293 e. The van der Waals surface area contributed by atoms with Gasteiger partial charge in [-0.15, -0.1) is 0 Å². The maximum absolute atomic E-state index is 13.0. The second-order valence-electron chi connectivity index (χ2n) is 5.45. The lowest BCUT2D eigenvalue weighted by Crippen LogP contribution is -2.27. The molecule has 0 aromatic heterocycles. The second-order valence-corrected chi connectivity index (χ2v) is 6.85. The van der Waals surface area contributed by atoms with Gasteiger partial charge in [0.15, 0.2) is 11.5 Å². The maximum atomic E-state index is 13.0. The van der Waals surface area contributed by atoms with Crippen LogP contribution in [0, 0.1) is 5.82 Å². The predicted molar refractivity (Wildman–Crippen MR) is 97.6 cm³/mol. The number of aromatic hydroxyl groups is 1. The summed E-state index contributed by atoms with van der Waals surface area (Å²) in [6.07, 6.45) is 1.50. The van der Waals surface area contributed by atoms with Gasteiger partial charge in [0.25, 0.3) is 11.1 Å². The maximum Gasteiger partial charge on any atom is 0.293 e. The molecule has 1 fully saturated rings. The van der Waals surface area contributed by atoms with E-state index in [4.69, 9.17) is 16.3 Å². The molecule has 5 nitrogen and oxygen atoms in total. The molecule has 3 rings (SSSR count). The normalized spacial score (nSPS) is 15.8. The van der Waals surface area contributed by atoms with Crippen LogP contribution in [0.15, 0.2) is 41.3 Å². The van der Waals surface area contributed by atoms with Crippen molar-refractivity contribution in [1.82, 2.24) is 4.90 Å². The first-order valence-corrected chi connectivity index (χ1v) is 8.65. The highest BCUT2D eigenvalue weighted by Gasteiger charge is 2.35. The van der Waals surface area contributed by atoms with Crippen LogP contribution in [0.25, 0.3) is 6.08 Å². The number of imide groups is 1. The summed E-state index contributed by atoms with van der Waals surface area (Å²) in [6, 6.07) is 8.56. The molecule has 1 aliphatic heterocycles. The van der Waals surface area contributed by atoms with Crippen LogP contribution in [0.3, 0.4) is 0 Å². The summed E-state index contributed by atoms with van der Waals surface area (Å²) in [6.45, 7) is 0.0575. The van der Waals surface area contributed by atoms with Gasteiger partial charge in [-0.1, -0.05) is 23.7 Å². The van der Waals surface area contributed by atoms with Crippen molar-refractivity contribution in [3.63, 3.8) is 0 Å². The van der Waals surface area contributed by atoms with Crippen LogP contribution in [0.4, 0.5) is 9.18 Å². The van der Waals surface area contributed by atoms with E-state index in [2.05, 4.69) is 0 Å². The van der Waals surface area contributed by atoms with E-state index in [9.17, 15) is 19.1 Å². The molecule has 1 heterocycles. The van der Waals surface area contributed by atoms with Crippen molar-refractivity contribution in [3.8, 4) is 11.5 Å². The van der Waals surface area contributed by atoms with Crippen molar-refractivity contribution in [2.24, 2.45) is 0 Å². The lowest BCUT2D eigenvalue weighted by Gasteiger charge is -2.12. The van der Waals surface area contributed by atoms with Crippen LogP contribution >= 0.6 is 23.4 Å². The first kappa shape index (κ1) is 18.3. The van der Waals surface area contributed by atoms with E-state index in [1.54, 1.807) is 0 Å². The molecule has 0 atom stereocenters. The molecule has 134 valence electrons. The standard InChI is InChI=1S/C18H13ClFNO4S/c1-25-14-7-11(6-13(19)16(14)22)8-15-17(23)21(18(24)26-15)9-10-2-4-12(20)5-3-10/h2-8,22H,9H2,1H3/b15-8-. The third-order valence-electron chi connectivity index (χ3n) is 3.70. The van der Waals surface area contributed by atoms with Gasteiger partial charge in [-0.25, -0.2) is 4.39 Å². The molecule has 1 aliphatic rings. The summed E-state index contributed by atoms with van der Waals surface area (Å²) in [5, 5.41) is 9.42. The monoisotopic (exact) mass is 393 g/mol. The molecular weight excluding hydrogens is 381 g/mol. The lowest BCUT2D eigenvalue weighted by atomic mass is 10.1. The van der Waals surface area contributed by atoms with Crippen molar-refractivity contribution >= 4 is 40.6 Å². The predicted octanol–water partition coefficient (Wildman–Crippen LogP) is 4.43. The van der Waals surface area contributed by atoms with Crippen molar-refractivity contribution in [2.75, 3.05) is 7.11 Å². The van der Waals surface area contributed by atoms with E-state index in [0.717, 1.165) is 16.7 Å². The Bertz CT molecular complexity index is 914. The summed E-state index contributed by atoms with van der Waals surface area (Å²) in [4.78, 5) is 26.0. The molecule has 0 unspecified atom stereocenters. The Morgan fingerprint density at radius 1 is 1.27 bits per heavy atom. The van der Waals surface area contributed by atoms with Gasteiger partial charge >= 0.3 is 0 Å². The van der Waals surface area contributed by atoms with Crippen LogP contribution in [0.2, 0.25) is 5.02 Å². The molecule has 1 N–H and O–H groups in total. The highest BCUT2D eigenvalue weighted by atomic mass is 35.5. The Morgan fingerprint density at radius 2 is 1.96 bits per heavy atom. The quantitative estimate of drug-likeness (QED) is 0.778. The van der Waals surface area contributed by atoms with E-state index < -0.39 is 11.1 Å². The Morgan fingerprint density at radius 3 is 2.62 bits per heavy atom. The number of nitrogens with zero attached hydrogens (tertiary/aromatic N) is 1. The molecule has 8 heteroatoms. The first-order valence-electron chi connectivity index (χ1n) is 7.45. The molecule has 0 radical (unpaired) electrons. The fraction of sp³-hybridized carbons (Fsp3) is 0.111. The Kier molecular flexibility index (Phi) is 5.20. The Hall–Kier alpha value is -2.51. The highest BCUT2D eigenvalue weighted by Crippen LogP contribution is 2.38. The van der Waals surface area contributed by atoms with Gasteiger partial charge in [-0.2, -0.15) is 0 Å². The number of halogens is 2. The number of thioether (sulfide) groups is 1. The molecular formula is C18H13ClFNO4S. The van der Waals surface area contributed by atoms with Gasteiger partial charge in [-0.05, 0) is 53.2 Å². The van der Waals surface area contributed by atoms with Gasteiger partial charge < -0.3 is 9.84 Å². The molecule has 26 heavy (non-hydrogen) atoms. The number of carbonyl (C=O) groups excluding carboxylic acids is 2. The van der Waals surface area contributed by atoms with Gasteiger partial charge in [0.2, 0.25) is 0 Å². The zero-order valence-corrected chi connectivity index (χ0v) is 15.1. The van der Waals surface area contributed by atoms with Gasteiger partial charge in [0.05, 0.1) is 23.6 Å². The number of ether oxygens (including phenoxy) is 1. The van der Waals surface area contributed by atoms with Crippen LogP contribution in [0.5, 0.6) is 11.5 Å². The van der Waals surface area contributed by atoms with E-state index in [1.165, 1.54) is 49.6 Å². The van der Waals surface area contributed by atoms with Crippen molar-refractivity contribution in [2.45, 2.75) is 6.54 Å². The number of phenols is 1. The molecule has 1 saturated heterocycles. The molecule has 2 aromatic rings. The summed E-state index contributed by atoms with van der Waals surface area (Å²) < 4.78 is 18.0. The number of benzene rings is 2. The van der Waals surface area contributed by atoms with E-state index in [0.29, 0.717) is 11.1 Å². The van der Waals surface area contributed by atoms with Crippen molar-refractivity contribution in [1.29, 1.82) is 0 Å². The fourth-order valence-corrected chi connectivity index (χ4v) is 3.45. The number of methoxy groups -OCH3 is 1. The zero-order chi connectivity index (χ0) is 18.8. The van der Waals surface area contributed by atoms with E-state index >= 15 is 0 Å². The molecule has 0 bridgehead atoms. The number of hydrogen-bond donors (Lipinski definition) is 1. The Labute approximate surface area is 158 Å². The van der Waals surface area contributed by atoms with Crippen LogP contribution in [0.1, 0.15) is 11.1 Å². The summed E-state index contributed by atoms with van der Waals surface area (Å²) >= 11 is 6.74. The average Bonchev–Trinajstić information content (AvgIpc) is 2.87. The number of rotatable bonds is 4. The van der Waals surface area contributed by atoms with Gasteiger partial charge in [0.1, 0.15) is 5.82 Å². The minimum absolute atomic E-state index is 0.0575. The zero-order valence-electron chi connectivity index (χ0n) is 13.5. The minimum atomic E-state index is -0.451. The van der Waals surface area contributed by atoms with Crippen molar-refractivity contribution < 1.29 is 23.8 Å².